The summed E-state index contributed by atoms with van der Waals surface area (Å²) in [5, 5.41) is 4.22. The zero-order valence-corrected chi connectivity index (χ0v) is 17.8. The molecule has 1 fully saturated rings. The number of rotatable bonds is 7. The molecule has 0 spiro atoms. The predicted molar refractivity (Wildman–Crippen MR) is 119 cm³/mol. The van der Waals surface area contributed by atoms with E-state index in [0.29, 0.717) is 22.6 Å². The van der Waals surface area contributed by atoms with Gasteiger partial charge in [0, 0.05) is 6.04 Å². The lowest BCUT2D eigenvalue weighted by molar-refractivity contribution is -0.119. The number of carbonyl (C=O) groups excluding carboxylic acids is 1. The second-order valence-electron chi connectivity index (χ2n) is 7.49. The van der Waals surface area contributed by atoms with Crippen molar-refractivity contribution in [2.75, 3.05) is 12.9 Å². The van der Waals surface area contributed by atoms with Crippen LogP contribution in [0.3, 0.4) is 0 Å². The van der Waals surface area contributed by atoms with E-state index in [2.05, 4.69) is 5.32 Å². The topological polar surface area (TPSA) is 73.2 Å². The number of benzene rings is 2. The molecule has 1 heterocycles. The fraction of sp³-hybridized carbons (Fsp3) is 0.348. The Labute approximate surface area is 179 Å². The molecule has 6 nitrogen and oxygen atoms in total. The minimum atomic E-state index is -0.102. The summed E-state index contributed by atoms with van der Waals surface area (Å²) in [6, 6.07) is 15.2. The number of amides is 1. The maximum Gasteiger partial charge on any atom is 0.262 e. The van der Waals surface area contributed by atoms with Gasteiger partial charge in [-0.3, -0.25) is 14.2 Å². The van der Waals surface area contributed by atoms with E-state index < -0.39 is 0 Å². The first-order chi connectivity index (χ1) is 14.6. The number of hydrogen-bond acceptors (Lipinski definition) is 5. The van der Waals surface area contributed by atoms with Crippen LogP contribution < -0.4 is 15.6 Å². The molecule has 156 valence electrons. The van der Waals surface area contributed by atoms with Crippen LogP contribution in [0.5, 0.6) is 5.75 Å². The van der Waals surface area contributed by atoms with Crippen molar-refractivity contribution >= 4 is 28.6 Å². The van der Waals surface area contributed by atoms with E-state index in [0.717, 1.165) is 24.2 Å². The summed E-state index contributed by atoms with van der Waals surface area (Å²) in [7, 11) is 1.62. The largest absolute Gasteiger partial charge is 0.497 e. The van der Waals surface area contributed by atoms with Crippen LogP contribution in [0.2, 0.25) is 0 Å². The molecule has 0 radical (unpaired) electrons. The molecule has 4 rings (SSSR count). The summed E-state index contributed by atoms with van der Waals surface area (Å²) < 4.78 is 6.86. The molecule has 0 saturated heterocycles. The Morgan fingerprint density at radius 2 is 1.90 bits per heavy atom. The lowest BCUT2D eigenvalue weighted by Gasteiger charge is -2.15. The lowest BCUT2D eigenvalue weighted by Crippen LogP contribution is -2.34. The zero-order valence-electron chi connectivity index (χ0n) is 17.0. The zero-order chi connectivity index (χ0) is 20.9. The van der Waals surface area contributed by atoms with Crippen molar-refractivity contribution in [2.24, 2.45) is 0 Å². The number of nitrogens with zero attached hydrogens (tertiary/aromatic N) is 2. The number of methoxy groups -OCH3 is 1. The van der Waals surface area contributed by atoms with Crippen molar-refractivity contribution in [1.82, 2.24) is 14.9 Å². The van der Waals surface area contributed by atoms with Gasteiger partial charge in [0.15, 0.2) is 5.16 Å². The van der Waals surface area contributed by atoms with E-state index in [-0.39, 0.29) is 23.3 Å². The summed E-state index contributed by atoms with van der Waals surface area (Å²) in [4.78, 5) is 30.3. The van der Waals surface area contributed by atoms with Crippen LogP contribution in [0, 0.1) is 0 Å². The molecule has 1 saturated carbocycles. The number of nitrogens with one attached hydrogen (secondary N) is 1. The molecular formula is C23H25N3O3S. The average Bonchev–Trinajstić information content (AvgIpc) is 3.28. The second kappa shape index (κ2) is 9.34. The maximum atomic E-state index is 13.2. The molecule has 0 bridgehead atoms. The van der Waals surface area contributed by atoms with Gasteiger partial charge in [0.1, 0.15) is 5.75 Å². The molecule has 1 aromatic heterocycles. The van der Waals surface area contributed by atoms with Crippen LogP contribution in [-0.4, -0.2) is 34.4 Å². The summed E-state index contributed by atoms with van der Waals surface area (Å²) >= 11 is 1.31. The lowest BCUT2D eigenvalue weighted by atomic mass is 10.2. The van der Waals surface area contributed by atoms with E-state index in [1.165, 1.54) is 24.6 Å². The fourth-order valence-electron chi connectivity index (χ4n) is 3.78. The Morgan fingerprint density at radius 1 is 1.17 bits per heavy atom. The molecule has 1 N–H and O–H groups in total. The SMILES string of the molecule is COc1ccc(Cn2c(SCC(=O)NC3CCCC3)nc3ccccc3c2=O)cc1. The van der Waals surface area contributed by atoms with E-state index in [1.807, 2.05) is 42.5 Å². The van der Waals surface area contributed by atoms with Gasteiger partial charge in [0.05, 0.1) is 30.3 Å². The average molecular weight is 424 g/mol. The molecule has 1 aliphatic rings. The van der Waals surface area contributed by atoms with Crippen LogP contribution in [0.25, 0.3) is 10.9 Å². The van der Waals surface area contributed by atoms with Crippen LogP contribution in [0.4, 0.5) is 0 Å². The number of fused-ring (bicyclic) bond motifs is 1. The standard InChI is InChI=1S/C23H25N3O3S/c1-29-18-12-10-16(11-13-18)14-26-22(28)19-8-4-5-9-20(19)25-23(26)30-15-21(27)24-17-6-2-3-7-17/h4-5,8-13,17H,2-3,6-7,14-15H2,1H3,(H,24,27). The number of carbonyl (C=O) groups is 1. The van der Waals surface area contributed by atoms with Gasteiger partial charge in [-0.15, -0.1) is 0 Å². The number of aromatic nitrogens is 2. The monoisotopic (exact) mass is 423 g/mol. The van der Waals surface area contributed by atoms with E-state index in [1.54, 1.807) is 17.7 Å². The third-order valence-electron chi connectivity index (χ3n) is 5.38. The quantitative estimate of drug-likeness (QED) is 0.464. The minimum absolute atomic E-state index is 0.00898. The first kappa shape index (κ1) is 20.5. The predicted octanol–water partition coefficient (Wildman–Crippen LogP) is 3.60. The van der Waals surface area contributed by atoms with Crippen molar-refractivity contribution in [3.05, 3.63) is 64.4 Å². The van der Waals surface area contributed by atoms with Gasteiger partial charge in [-0.05, 0) is 42.7 Å². The molecule has 7 heteroatoms. The van der Waals surface area contributed by atoms with Crippen molar-refractivity contribution in [2.45, 2.75) is 43.4 Å². The summed E-state index contributed by atoms with van der Waals surface area (Å²) in [5.74, 6) is 0.996. The van der Waals surface area contributed by atoms with Gasteiger partial charge >= 0.3 is 0 Å². The van der Waals surface area contributed by atoms with E-state index in [9.17, 15) is 9.59 Å². The van der Waals surface area contributed by atoms with E-state index in [4.69, 9.17) is 9.72 Å². The molecule has 0 atom stereocenters. The van der Waals surface area contributed by atoms with E-state index >= 15 is 0 Å². The van der Waals surface area contributed by atoms with Crippen molar-refractivity contribution < 1.29 is 9.53 Å². The van der Waals surface area contributed by atoms with Crippen molar-refractivity contribution in [3.63, 3.8) is 0 Å². The van der Waals surface area contributed by atoms with Gasteiger partial charge < -0.3 is 10.1 Å². The highest BCUT2D eigenvalue weighted by molar-refractivity contribution is 7.99. The number of para-hydroxylation sites is 1. The van der Waals surface area contributed by atoms with Crippen LogP contribution in [-0.2, 0) is 11.3 Å². The smallest absolute Gasteiger partial charge is 0.262 e. The van der Waals surface area contributed by atoms with Gasteiger partial charge in [0.25, 0.3) is 5.56 Å². The molecule has 3 aromatic rings. The van der Waals surface area contributed by atoms with Crippen LogP contribution in [0.1, 0.15) is 31.2 Å². The summed E-state index contributed by atoms with van der Waals surface area (Å²) in [6.07, 6.45) is 4.44. The van der Waals surface area contributed by atoms with Gasteiger partial charge in [-0.25, -0.2) is 4.98 Å². The number of ether oxygens (including phenoxy) is 1. The Bertz CT molecular complexity index is 1090. The highest BCUT2D eigenvalue weighted by Gasteiger charge is 2.18. The Balaban J connectivity index is 1.60. The van der Waals surface area contributed by atoms with Crippen molar-refractivity contribution in [1.29, 1.82) is 0 Å². The van der Waals surface area contributed by atoms with Crippen LogP contribution >= 0.6 is 11.8 Å². The first-order valence-corrected chi connectivity index (χ1v) is 11.2. The molecule has 0 unspecified atom stereocenters. The molecule has 2 aromatic carbocycles. The molecule has 1 aliphatic carbocycles. The van der Waals surface area contributed by atoms with Gasteiger partial charge in [0.2, 0.25) is 5.91 Å². The molecule has 0 aliphatic heterocycles. The fourth-order valence-corrected chi connectivity index (χ4v) is 4.59. The second-order valence-corrected chi connectivity index (χ2v) is 8.43. The molecular weight excluding hydrogens is 398 g/mol. The number of thioether (sulfide) groups is 1. The van der Waals surface area contributed by atoms with Gasteiger partial charge in [-0.1, -0.05) is 48.9 Å². The van der Waals surface area contributed by atoms with Crippen molar-refractivity contribution in [3.8, 4) is 5.75 Å². The molecule has 1 amide bonds. The summed E-state index contributed by atoms with van der Waals surface area (Å²) in [5.41, 5.74) is 1.51. The van der Waals surface area contributed by atoms with Crippen LogP contribution in [0.15, 0.2) is 58.5 Å². The first-order valence-electron chi connectivity index (χ1n) is 10.2. The molecule has 30 heavy (non-hydrogen) atoms. The highest BCUT2D eigenvalue weighted by atomic mass is 32.2. The normalized spacial score (nSPS) is 14.2. The Hall–Kier alpha value is -2.80. The maximum absolute atomic E-state index is 13.2. The Kier molecular flexibility index (Phi) is 6.38. The highest BCUT2D eigenvalue weighted by Crippen LogP contribution is 2.21. The number of hydrogen-bond donors (Lipinski definition) is 1. The minimum Gasteiger partial charge on any atom is -0.497 e. The third kappa shape index (κ3) is 4.67. The van der Waals surface area contributed by atoms with Gasteiger partial charge in [-0.2, -0.15) is 0 Å². The Morgan fingerprint density at radius 3 is 2.63 bits per heavy atom. The third-order valence-corrected chi connectivity index (χ3v) is 6.36. The summed E-state index contributed by atoms with van der Waals surface area (Å²) in [6.45, 7) is 0.382.